The quantitative estimate of drug-likeness (QED) is 0.851. The van der Waals surface area contributed by atoms with Crippen molar-refractivity contribution in [3.8, 4) is 6.07 Å². The van der Waals surface area contributed by atoms with Gasteiger partial charge in [0, 0.05) is 6.21 Å². The number of benzene rings is 2. The minimum atomic E-state index is -0.956. The fraction of sp³-hybridized carbons (Fsp3) is 0. The third-order valence-corrected chi connectivity index (χ3v) is 2.52. The summed E-state index contributed by atoms with van der Waals surface area (Å²) >= 11 is 0. The van der Waals surface area contributed by atoms with Gasteiger partial charge in [0.15, 0.2) is 0 Å². The molecule has 0 saturated carbocycles. The summed E-state index contributed by atoms with van der Waals surface area (Å²) in [7, 11) is 0. The van der Waals surface area contributed by atoms with Gasteiger partial charge in [-0.05, 0) is 42.0 Å². The van der Waals surface area contributed by atoms with Crippen molar-refractivity contribution in [2.24, 2.45) is 4.99 Å². The van der Waals surface area contributed by atoms with E-state index in [1.54, 1.807) is 42.6 Å². The molecule has 4 nitrogen and oxygen atoms in total. The van der Waals surface area contributed by atoms with E-state index in [4.69, 9.17) is 10.4 Å². The fourth-order valence-electron chi connectivity index (χ4n) is 1.48. The van der Waals surface area contributed by atoms with Gasteiger partial charge in [-0.1, -0.05) is 12.1 Å². The smallest absolute Gasteiger partial charge is 0.335 e. The summed E-state index contributed by atoms with van der Waals surface area (Å²) in [5.74, 6) is -0.956. The molecule has 2 aromatic rings. The molecule has 0 aliphatic heterocycles. The highest BCUT2D eigenvalue weighted by Crippen LogP contribution is 2.13. The first-order valence-electron chi connectivity index (χ1n) is 5.56. The summed E-state index contributed by atoms with van der Waals surface area (Å²) in [6.45, 7) is 0. The summed E-state index contributed by atoms with van der Waals surface area (Å²) in [6.07, 6.45) is 1.66. The van der Waals surface area contributed by atoms with E-state index in [0.29, 0.717) is 11.3 Å². The van der Waals surface area contributed by atoms with Crippen LogP contribution in [0.1, 0.15) is 21.5 Å². The van der Waals surface area contributed by atoms with Crippen LogP contribution in [0.15, 0.2) is 53.5 Å². The Morgan fingerprint density at radius 3 is 2.26 bits per heavy atom. The average molecular weight is 250 g/mol. The summed E-state index contributed by atoms with van der Waals surface area (Å²) in [5, 5.41) is 17.4. The molecular weight excluding hydrogens is 240 g/mol. The van der Waals surface area contributed by atoms with Gasteiger partial charge in [-0.2, -0.15) is 5.26 Å². The third-order valence-electron chi connectivity index (χ3n) is 2.52. The van der Waals surface area contributed by atoms with Crippen LogP contribution in [-0.2, 0) is 0 Å². The van der Waals surface area contributed by atoms with Crippen LogP contribution in [0, 0.1) is 11.3 Å². The van der Waals surface area contributed by atoms with Crippen molar-refractivity contribution in [1.82, 2.24) is 0 Å². The van der Waals surface area contributed by atoms with Crippen molar-refractivity contribution in [2.75, 3.05) is 0 Å². The second kappa shape index (κ2) is 5.61. The number of aromatic carboxylic acids is 1. The minimum absolute atomic E-state index is 0.234. The number of hydrogen-bond donors (Lipinski definition) is 1. The molecule has 0 heterocycles. The monoisotopic (exact) mass is 250 g/mol. The van der Waals surface area contributed by atoms with Gasteiger partial charge in [-0.15, -0.1) is 0 Å². The predicted octanol–water partition coefficient (Wildman–Crippen LogP) is 3.01. The average Bonchev–Trinajstić information content (AvgIpc) is 2.46. The lowest BCUT2D eigenvalue weighted by Crippen LogP contribution is -1.94. The first-order chi connectivity index (χ1) is 9.19. The van der Waals surface area contributed by atoms with Crippen LogP contribution < -0.4 is 0 Å². The lowest BCUT2D eigenvalue weighted by Gasteiger charge is -1.96. The van der Waals surface area contributed by atoms with Gasteiger partial charge in [-0.25, -0.2) is 4.79 Å². The lowest BCUT2D eigenvalue weighted by atomic mass is 10.1. The maximum atomic E-state index is 10.7. The van der Waals surface area contributed by atoms with Crippen molar-refractivity contribution in [3.63, 3.8) is 0 Å². The second-order valence-electron chi connectivity index (χ2n) is 3.84. The molecule has 2 aromatic carbocycles. The largest absolute Gasteiger partial charge is 0.478 e. The van der Waals surface area contributed by atoms with Crippen molar-refractivity contribution in [3.05, 3.63) is 65.2 Å². The molecule has 92 valence electrons. The van der Waals surface area contributed by atoms with Gasteiger partial charge in [0.1, 0.15) is 0 Å². The van der Waals surface area contributed by atoms with Gasteiger partial charge in [0.25, 0.3) is 0 Å². The molecule has 0 aliphatic carbocycles. The molecule has 0 bridgehead atoms. The van der Waals surface area contributed by atoms with E-state index >= 15 is 0 Å². The molecule has 0 atom stereocenters. The zero-order chi connectivity index (χ0) is 13.7. The van der Waals surface area contributed by atoms with E-state index in [9.17, 15) is 4.79 Å². The fourth-order valence-corrected chi connectivity index (χ4v) is 1.48. The molecule has 0 fully saturated rings. The molecular formula is C15H10N2O2. The van der Waals surface area contributed by atoms with Crippen LogP contribution in [-0.4, -0.2) is 17.3 Å². The number of carboxylic acid groups (broad SMARTS) is 1. The third kappa shape index (κ3) is 3.27. The normalized spacial score (nSPS) is 10.3. The minimum Gasteiger partial charge on any atom is -0.478 e. The standard InChI is InChI=1S/C15H10N2O2/c16-9-11-1-3-12(4-2-11)10-17-14-7-5-13(6-8-14)15(18)19/h1-8,10H,(H,18,19)/b17-10+. The Kier molecular flexibility index (Phi) is 3.70. The Balaban J connectivity index is 2.13. The highest BCUT2D eigenvalue weighted by Gasteiger charge is 2.00. The van der Waals surface area contributed by atoms with Crippen LogP contribution in [0.3, 0.4) is 0 Å². The Bertz CT molecular complexity index is 650. The van der Waals surface area contributed by atoms with Gasteiger partial charge < -0.3 is 5.11 Å². The van der Waals surface area contributed by atoms with E-state index in [1.165, 1.54) is 12.1 Å². The van der Waals surface area contributed by atoms with Crippen molar-refractivity contribution in [1.29, 1.82) is 5.26 Å². The number of nitrogens with zero attached hydrogens (tertiary/aromatic N) is 2. The number of aliphatic imine (C=N–C) groups is 1. The van der Waals surface area contributed by atoms with Crippen molar-refractivity contribution in [2.45, 2.75) is 0 Å². The highest BCUT2D eigenvalue weighted by molar-refractivity contribution is 5.88. The van der Waals surface area contributed by atoms with Crippen LogP contribution in [0.5, 0.6) is 0 Å². The summed E-state index contributed by atoms with van der Waals surface area (Å²) in [6, 6.07) is 15.4. The van der Waals surface area contributed by atoms with E-state index in [0.717, 1.165) is 5.56 Å². The SMILES string of the molecule is N#Cc1ccc(/C=N/c2ccc(C(=O)O)cc2)cc1. The lowest BCUT2D eigenvalue weighted by molar-refractivity contribution is 0.0697. The zero-order valence-electron chi connectivity index (χ0n) is 9.95. The molecule has 4 heteroatoms. The van der Waals surface area contributed by atoms with Crippen molar-refractivity contribution >= 4 is 17.9 Å². The first-order valence-corrected chi connectivity index (χ1v) is 5.56. The molecule has 0 unspecified atom stereocenters. The van der Waals surface area contributed by atoms with Gasteiger partial charge in [0.2, 0.25) is 0 Å². The van der Waals surface area contributed by atoms with E-state index in [2.05, 4.69) is 4.99 Å². The topological polar surface area (TPSA) is 73.5 Å². The maximum absolute atomic E-state index is 10.7. The number of rotatable bonds is 3. The molecule has 1 N–H and O–H groups in total. The molecule has 2 rings (SSSR count). The summed E-state index contributed by atoms with van der Waals surface area (Å²) in [5.41, 5.74) is 2.39. The molecule has 0 spiro atoms. The number of carboxylic acids is 1. The molecule has 0 amide bonds. The first kappa shape index (κ1) is 12.5. The Morgan fingerprint density at radius 2 is 1.74 bits per heavy atom. The number of nitriles is 1. The van der Waals surface area contributed by atoms with Crippen LogP contribution >= 0.6 is 0 Å². The summed E-state index contributed by atoms with van der Waals surface area (Å²) < 4.78 is 0. The Labute approximate surface area is 110 Å². The van der Waals surface area contributed by atoms with Crippen LogP contribution in [0.25, 0.3) is 0 Å². The molecule has 0 saturated heterocycles. The maximum Gasteiger partial charge on any atom is 0.335 e. The second-order valence-corrected chi connectivity index (χ2v) is 3.84. The zero-order valence-corrected chi connectivity index (χ0v) is 9.95. The van der Waals surface area contributed by atoms with E-state index < -0.39 is 5.97 Å². The predicted molar refractivity (Wildman–Crippen MR) is 71.8 cm³/mol. The van der Waals surface area contributed by atoms with Crippen molar-refractivity contribution < 1.29 is 9.90 Å². The Morgan fingerprint density at radius 1 is 1.11 bits per heavy atom. The summed E-state index contributed by atoms with van der Waals surface area (Å²) in [4.78, 5) is 14.9. The highest BCUT2D eigenvalue weighted by atomic mass is 16.4. The number of carbonyl (C=O) groups is 1. The van der Waals surface area contributed by atoms with E-state index in [-0.39, 0.29) is 5.56 Å². The van der Waals surface area contributed by atoms with Crippen LogP contribution in [0.4, 0.5) is 5.69 Å². The molecule has 0 radical (unpaired) electrons. The number of hydrogen-bond acceptors (Lipinski definition) is 3. The van der Waals surface area contributed by atoms with Gasteiger partial charge in [0.05, 0.1) is 22.9 Å². The molecule has 19 heavy (non-hydrogen) atoms. The Hall–Kier alpha value is -2.93. The van der Waals surface area contributed by atoms with E-state index in [1.807, 2.05) is 6.07 Å². The molecule has 0 aromatic heterocycles. The molecule has 0 aliphatic rings. The van der Waals surface area contributed by atoms with Crippen LogP contribution in [0.2, 0.25) is 0 Å². The van der Waals surface area contributed by atoms with Gasteiger partial charge >= 0.3 is 5.97 Å². The van der Waals surface area contributed by atoms with Gasteiger partial charge in [-0.3, -0.25) is 4.99 Å².